The monoisotopic (exact) mass is 329 g/mol. The number of sulfone groups is 1. The molecule has 0 saturated heterocycles. The average molecular weight is 329 g/mol. The maximum atomic E-state index is 12.5. The number of fused-ring (bicyclic) bond motifs is 1. The zero-order valence-electron chi connectivity index (χ0n) is 12.5. The number of benzene rings is 1. The van der Waals surface area contributed by atoms with Crippen molar-refractivity contribution in [2.24, 2.45) is 0 Å². The first-order valence-electron chi connectivity index (χ1n) is 6.88. The van der Waals surface area contributed by atoms with Crippen LogP contribution in [0, 0.1) is 0 Å². The van der Waals surface area contributed by atoms with Crippen LogP contribution in [0.4, 0.5) is 0 Å². The second-order valence-corrected chi connectivity index (χ2v) is 7.22. The molecule has 6 nitrogen and oxygen atoms in total. The summed E-state index contributed by atoms with van der Waals surface area (Å²) in [5.41, 5.74) is 2.04. The molecular formula is C16H15N3O3S. The quantitative estimate of drug-likeness (QED) is 0.731. The summed E-state index contributed by atoms with van der Waals surface area (Å²) in [4.78, 5) is 16.8. The maximum absolute atomic E-state index is 12.5. The molecule has 0 saturated carbocycles. The predicted octanol–water partition coefficient (Wildman–Crippen LogP) is 1.75. The van der Waals surface area contributed by atoms with Gasteiger partial charge in [0.1, 0.15) is 0 Å². The van der Waals surface area contributed by atoms with Gasteiger partial charge in [-0.2, -0.15) is 0 Å². The van der Waals surface area contributed by atoms with Gasteiger partial charge in [-0.05, 0) is 23.8 Å². The fraction of sp³-hybridized carbons (Fsp3) is 0.125. The zero-order valence-corrected chi connectivity index (χ0v) is 13.3. The Labute approximate surface area is 133 Å². The molecule has 0 radical (unpaired) electrons. The number of rotatable bonds is 4. The Morgan fingerprint density at radius 2 is 1.87 bits per heavy atom. The largest absolute Gasteiger partial charge is 0.333 e. The van der Waals surface area contributed by atoms with Crippen LogP contribution < -0.4 is 5.69 Å². The van der Waals surface area contributed by atoms with Crippen LogP contribution in [0.15, 0.2) is 59.0 Å². The van der Waals surface area contributed by atoms with Crippen LogP contribution in [0.3, 0.4) is 0 Å². The SMILES string of the molecule is C=Cn1c(=O)n(Cc2ccc(S(C)(=O)=O)cc2)c2cnccc21. The van der Waals surface area contributed by atoms with Crippen molar-refractivity contribution in [3.05, 3.63) is 65.4 Å². The molecule has 0 bridgehead atoms. The third-order valence-corrected chi connectivity index (χ3v) is 4.77. The molecule has 0 unspecified atom stereocenters. The summed E-state index contributed by atoms with van der Waals surface area (Å²) in [6, 6.07) is 8.25. The van der Waals surface area contributed by atoms with Gasteiger partial charge in [-0.25, -0.2) is 13.2 Å². The van der Waals surface area contributed by atoms with E-state index in [1.54, 1.807) is 47.3 Å². The number of imidazole rings is 1. The molecule has 2 aromatic heterocycles. The standard InChI is InChI=1S/C16H15N3O3S/c1-3-18-14-8-9-17-10-15(14)19(16(18)20)11-12-4-6-13(7-5-12)23(2,21)22/h3-10H,1,11H2,2H3. The van der Waals surface area contributed by atoms with Crippen molar-refractivity contribution in [2.75, 3.05) is 6.26 Å². The number of aromatic nitrogens is 3. The Bertz CT molecular complexity index is 1040. The molecular weight excluding hydrogens is 314 g/mol. The van der Waals surface area contributed by atoms with Crippen molar-refractivity contribution in [1.82, 2.24) is 14.1 Å². The summed E-state index contributed by atoms with van der Waals surface area (Å²) < 4.78 is 26.0. The van der Waals surface area contributed by atoms with Crippen LogP contribution in [-0.2, 0) is 16.4 Å². The lowest BCUT2D eigenvalue weighted by Gasteiger charge is -2.05. The van der Waals surface area contributed by atoms with E-state index in [9.17, 15) is 13.2 Å². The van der Waals surface area contributed by atoms with Crippen molar-refractivity contribution in [1.29, 1.82) is 0 Å². The van der Waals surface area contributed by atoms with Crippen LogP contribution in [0.1, 0.15) is 5.56 Å². The van der Waals surface area contributed by atoms with Gasteiger partial charge in [0, 0.05) is 18.7 Å². The van der Waals surface area contributed by atoms with E-state index in [0.29, 0.717) is 12.1 Å². The molecule has 0 amide bonds. The highest BCUT2D eigenvalue weighted by Gasteiger charge is 2.12. The zero-order chi connectivity index (χ0) is 16.6. The lowest BCUT2D eigenvalue weighted by Crippen LogP contribution is -2.22. The molecule has 0 aliphatic rings. The van der Waals surface area contributed by atoms with Gasteiger partial charge in [0.2, 0.25) is 0 Å². The summed E-state index contributed by atoms with van der Waals surface area (Å²) in [7, 11) is -3.23. The summed E-state index contributed by atoms with van der Waals surface area (Å²) in [6.07, 6.45) is 5.87. The van der Waals surface area contributed by atoms with Gasteiger partial charge in [-0.15, -0.1) is 0 Å². The van der Waals surface area contributed by atoms with Crippen molar-refractivity contribution >= 4 is 27.1 Å². The van der Waals surface area contributed by atoms with Gasteiger partial charge in [0.25, 0.3) is 0 Å². The minimum absolute atomic E-state index is 0.213. The van der Waals surface area contributed by atoms with E-state index in [-0.39, 0.29) is 10.6 Å². The molecule has 0 N–H and O–H groups in total. The topological polar surface area (TPSA) is 74.0 Å². The van der Waals surface area contributed by atoms with Crippen molar-refractivity contribution in [3.8, 4) is 0 Å². The van der Waals surface area contributed by atoms with E-state index in [1.807, 2.05) is 0 Å². The first-order valence-corrected chi connectivity index (χ1v) is 8.77. The predicted molar refractivity (Wildman–Crippen MR) is 89.0 cm³/mol. The van der Waals surface area contributed by atoms with Gasteiger partial charge >= 0.3 is 5.69 Å². The Hall–Kier alpha value is -2.67. The van der Waals surface area contributed by atoms with Crippen LogP contribution in [0.2, 0.25) is 0 Å². The molecule has 2 heterocycles. The Kier molecular flexibility index (Phi) is 3.65. The molecule has 23 heavy (non-hydrogen) atoms. The molecule has 0 aliphatic heterocycles. The smallest absolute Gasteiger partial charge is 0.286 e. The van der Waals surface area contributed by atoms with Gasteiger partial charge in [-0.3, -0.25) is 14.1 Å². The summed E-state index contributed by atoms with van der Waals surface area (Å²) in [6.45, 7) is 3.99. The fourth-order valence-electron chi connectivity index (χ4n) is 2.48. The van der Waals surface area contributed by atoms with E-state index in [1.165, 1.54) is 10.8 Å². The number of nitrogens with zero attached hydrogens (tertiary/aromatic N) is 3. The Balaban J connectivity index is 2.07. The van der Waals surface area contributed by atoms with E-state index in [0.717, 1.165) is 17.3 Å². The van der Waals surface area contributed by atoms with Gasteiger partial charge < -0.3 is 0 Å². The highest BCUT2D eigenvalue weighted by atomic mass is 32.2. The van der Waals surface area contributed by atoms with Crippen LogP contribution in [-0.4, -0.2) is 28.8 Å². The summed E-state index contributed by atoms with van der Waals surface area (Å²) >= 11 is 0. The third-order valence-electron chi connectivity index (χ3n) is 3.64. The second kappa shape index (κ2) is 5.51. The molecule has 0 spiro atoms. The lowest BCUT2D eigenvalue weighted by atomic mass is 10.2. The van der Waals surface area contributed by atoms with E-state index < -0.39 is 9.84 Å². The molecule has 3 rings (SSSR count). The number of hydrogen-bond acceptors (Lipinski definition) is 4. The minimum Gasteiger partial charge on any atom is -0.286 e. The molecule has 0 aliphatic carbocycles. The normalized spacial score (nSPS) is 11.7. The van der Waals surface area contributed by atoms with E-state index >= 15 is 0 Å². The van der Waals surface area contributed by atoms with Crippen molar-refractivity contribution in [3.63, 3.8) is 0 Å². The molecule has 0 atom stereocenters. The lowest BCUT2D eigenvalue weighted by molar-refractivity contribution is 0.602. The van der Waals surface area contributed by atoms with Crippen LogP contribution in [0.25, 0.3) is 17.2 Å². The van der Waals surface area contributed by atoms with Gasteiger partial charge in [0.05, 0.1) is 28.7 Å². The summed E-state index contributed by atoms with van der Waals surface area (Å²) in [5, 5.41) is 0. The number of pyridine rings is 1. The molecule has 1 aromatic carbocycles. The van der Waals surface area contributed by atoms with Crippen molar-refractivity contribution in [2.45, 2.75) is 11.4 Å². The minimum atomic E-state index is -3.23. The van der Waals surface area contributed by atoms with Crippen molar-refractivity contribution < 1.29 is 8.42 Å². The van der Waals surface area contributed by atoms with Gasteiger partial charge in [0.15, 0.2) is 9.84 Å². The van der Waals surface area contributed by atoms with E-state index in [2.05, 4.69) is 11.6 Å². The maximum Gasteiger partial charge on any atom is 0.333 e. The van der Waals surface area contributed by atoms with E-state index in [4.69, 9.17) is 0 Å². The molecule has 7 heteroatoms. The molecule has 118 valence electrons. The van der Waals surface area contributed by atoms with Gasteiger partial charge in [-0.1, -0.05) is 18.7 Å². The Morgan fingerprint density at radius 1 is 1.17 bits per heavy atom. The second-order valence-electron chi connectivity index (χ2n) is 5.20. The number of hydrogen-bond donors (Lipinski definition) is 0. The highest BCUT2D eigenvalue weighted by Crippen LogP contribution is 2.15. The van der Waals surface area contributed by atoms with Crippen LogP contribution in [0.5, 0.6) is 0 Å². The summed E-state index contributed by atoms with van der Waals surface area (Å²) in [5.74, 6) is 0. The first kappa shape index (κ1) is 15.2. The Morgan fingerprint density at radius 3 is 2.48 bits per heavy atom. The van der Waals surface area contributed by atoms with Crippen LogP contribution >= 0.6 is 0 Å². The average Bonchev–Trinajstić information content (AvgIpc) is 2.79. The first-order chi connectivity index (χ1) is 10.9. The third kappa shape index (κ3) is 2.70. The fourth-order valence-corrected chi connectivity index (χ4v) is 3.11. The molecule has 0 fully saturated rings. The highest BCUT2D eigenvalue weighted by molar-refractivity contribution is 7.90. The molecule has 3 aromatic rings.